The van der Waals surface area contributed by atoms with Gasteiger partial charge in [0.1, 0.15) is 0 Å². The SMILES string of the molecule is COc1ccc(S(=O)(=O)N2CCN(CC(=O)N3CCC[C@@H](C)C3)CC2)cc1OC. The Kier molecular flexibility index (Phi) is 7.02. The first-order chi connectivity index (χ1) is 13.8. The lowest BCUT2D eigenvalue weighted by molar-refractivity contribution is -0.134. The van der Waals surface area contributed by atoms with Crippen LogP contribution >= 0.6 is 0 Å². The van der Waals surface area contributed by atoms with E-state index in [-0.39, 0.29) is 10.8 Å². The van der Waals surface area contributed by atoms with Gasteiger partial charge in [-0.3, -0.25) is 9.69 Å². The average molecular weight is 426 g/mol. The maximum absolute atomic E-state index is 13.0. The minimum Gasteiger partial charge on any atom is -0.493 e. The van der Waals surface area contributed by atoms with Crippen LogP contribution in [0.4, 0.5) is 0 Å². The minimum absolute atomic E-state index is 0.146. The average Bonchev–Trinajstić information content (AvgIpc) is 2.73. The number of likely N-dealkylation sites (tertiary alicyclic amines) is 1. The number of carbonyl (C=O) groups is 1. The van der Waals surface area contributed by atoms with Gasteiger partial charge in [0, 0.05) is 45.3 Å². The van der Waals surface area contributed by atoms with Gasteiger partial charge in [-0.2, -0.15) is 4.31 Å². The summed E-state index contributed by atoms with van der Waals surface area (Å²) >= 11 is 0. The van der Waals surface area contributed by atoms with Gasteiger partial charge in [0.25, 0.3) is 0 Å². The molecule has 2 saturated heterocycles. The van der Waals surface area contributed by atoms with Gasteiger partial charge in [0.05, 0.1) is 25.7 Å². The van der Waals surface area contributed by atoms with E-state index in [1.807, 2.05) is 9.80 Å². The van der Waals surface area contributed by atoms with Gasteiger partial charge in [-0.05, 0) is 30.9 Å². The quantitative estimate of drug-likeness (QED) is 0.683. The Morgan fingerprint density at radius 2 is 1.76 bits per heavy atom. The summed E-state index contributed by atoms with van der Waals surface area (Å²) in [7, 11) is -0.633. The van der Waals surface area contributed by atoms with Crippen molar-refractivity contribution in [1.82, 2.24) is 14.1 Å². The van der Waals surface area contributed by atoms with E-state index in [0.717, 1.165) is 19.5 Å². The molecule has 0 bridgehead atoms. The lowest BCUT2D eigenvalue weighted by atomic mass is 10.0. The van der Waals surface area contributed by atoms with Crippen LogP contribution in [0.1, 0.15) is 19.8 Å². The van der Waals surface area contributed by atoms with Crippen molar-refractivity contribution < 1.29 is 22.7 Å². The molecule has 1 atom stereocenters. The number of sulfonamides is 1. The summed E-state index contributed by atoms with van der Waals surface area (Å²) in [6.45, 7) is 6.00. The number of rotatable bonds is 6. The number of hydrogen-bond acceptors (Lipinski definition) is 6. The van der Waals surface area contributed by atoms with Gasteiger partial charge >= 0.3 is 0 Å². The minimum atomic E-state index is -3.62. The normalized spacial score (nSPS) is 21.8. The first-order valence-corrected chi connectivity index (χ1v) is 11.5. The molecule has 3 rings (SSSR count). The van der Waals surface area contributed by atoms with Crippen molar-refractivity contribution in [3.63, 3.8) is 0 Å². The molecule has 1 aromatic carbocycles. The molecule has 0 aromatic heterocycles. The molecule has 0 spiro atoms. The lowest BCUT2D eigenvalue weighted by Crippen LogP contribution is -2.52. The van der Waals surface area contributed by atoms with E-state index in [2.05, 4.69) is 6.92 Å². The molecule has 2 heterocycles. The van der Waals surface area contributed by atoms with Crippen molar-refractivity contribution in [1.29, 1.82) is 0 Å². The molecule has 1 aromatic rings. The van der Waals surface area contributed by atoms with Crippen LogP contribution in [0.2, 0.25) is 0 Å². The van der Waals surface area contributed by atoms with Crippen molar-refractivity contribution >= 4 is 15.9 Å². The number of ether oxygens (including phenoxy) is 2. The molecule has 2 aliphatic heterocycles. The largest absolute Gasteiger partial charge is 0.493 e. The van der Waals surface area contributed by atoms with Gasteiger partial charge in [-0.1, -0.05) is 6.92 Å². The highest BCUT2D eigenvalue weighted by Gasteiger charge is 2.31. The van der Waals surface area contributed by atoms with E-state index in [9.17, 15) is 13.2 Å². The Hall–Kier alpha value is -1.84. The van der Waals surface area contributed by atoms with Crippen molar-refractivity contribution in [2.45, 2.75) is 24.7 Å². The molecule has 9 heteroatoms. The standard InChI is InChI=1S/C20H31N3O5S/c1-16-5-4-8-22(14-16)20(24)15-21-9-11-23(12-10-21)29(25,26)17-6-7-18(27-2)19(13-17)28-3/h6-7,13,16H,4-5,8-12,14-15H2,1-3H3/t16-/m1/s1. The summed E-state index contributed by atoms with van der Waals surface area (Å²) in [6, 6.07) is 4.62. The van der Waals surface area contributed by atoms with Crippen molar-refractivity contribution in [2.24, 2.45) is 5.92 Å². The molecule has 29 heavy (non-hydrogen) atoms. The lowest BCUT2D eigenvalue weighted by Gasteiger charge is -2.36. The molecule has 0 N–H and O–H groups in total. The number of amides is 1. The van der Waals surface area contributed by atoms with Gasteiger partial charge in [0.15, 0.2) is 11.5 Å². The van der Waals surface area contributed by atoms with Crippen LogP contribution in [-0.4, -0.2) is 88.5 Å². The smallest absolute Gasteiger partial charge is 0.243 e. The zero-order chi connectivity index (χ0) is 21.0. The third-order valence-electron chi connectivity index (χ3n) is 5.69. The van der Waals surface area contributed by atoms with Crippen LogP contribution in [0, 0.1) is 5.92 Å². The number of piperidine rings is 1. The summed E-state index contributed by atoms with van der Waals surface area (Å²) in [5.41, 5.74) is 0. The summed E-state index contributed by atoms with van der Waals surface area (Å²) in [6.07, 6.45) is 2.24. The molecule has 0 aliphatic carbocycles. The Balaban J connectivity index is 1.59. The Bertz CT molecular complexity index is 821. The molecule has 0 unspecified atom stereocenters. The molecule has 2 aliphatic rings. The molecule has 2 fully saturated rings. The fraction of sp³-hybridized carbons (Fsp3) is 0.650. The van der Waals surface area contributed by atoms with E-state index in [0.29, 0.717) is 50.1 Å². The van der Waals surface area contributed by atoms with Crippen molar-refractivity contribution in [2.75, 3.05) is 60.0 Å². The Morgan fingerprint density at radius 1 is 1.07 bits per heavy atom. The summed E-state index contributed by atoms with van der Waals surface area (Å²) in [5.74, 6) is 1.57. The molecule has 162 valence electrons. The molecule has 8 nitrogen and oxygen atoms in total. The Labute approximate surface area is 173 Å². The molecular weight excluding hydrogens is 394 g/mol. The van der Waals surface area contributed by atoms with Crippen LogP contribution < -0.4 is 9.47 Å². The fourth-order valence-corrected chi connectivity index (χ4v) is 5.40. The number of methoxy groups -OCH3 is 2. The molecular formula is C20H31N3O5S. The predicted molar refractivity (Wildman–Crippen MR) is 110 cm³/mol. The van der Waals surface area contributed by atoms with E-state index < -0.39 is 10.0 Å². The second-order valence-corrected chi connectivity index (χ2v) is 9.72. The van der Waals surface area contributed by atoms with Crippen LogP contribution in [0.15, 0.2) is 23.1 Å². The fourth-order valence-electron chi connectivity index (χ4n) is 3.96. The van der Waals surface area contributed by atoms with Gasteiger partial charge in [-0.15, -0.1) is 0 Å². The molecule has 1 amide bonds. The third kappa shape index (κ3) is 5.02. The van der Waals surface area contributed by atoms with Crippen LogP contribution in [-0.2, 0) is 14.8 Å². The maximum atomic E-state index is 13.0. The third-order valence-corrected chi connectivity index (χ3v) is 7.59. The number of nitrogens with zero attached hydrogens (tertiary/aromatic N) is 3. The second-order valence-electron chi connectivity index (χ2n) is 7.78. The number of carbonyl (C=O) groups excluding carboxylic acids is 1. The first kappa shape index (κ1) is 21.9. The topological polar surface area (TPSA) is 79.4 Å². The predicted octanol–water partition coefficient (Wildman–Crippen LogP) is 1.27. The molecule has 0 radical (unpaired) electrons. The van der Waals surface area contributed by atoms with Crippen LogP contribution in [0.25, 0.3) is 0 Å². The van der Waals surface area contributed by atoms with Crippen LogP contribution in [0.3, 0.4) is 0 Å². The zero-order valence-electron chi connectivity index (χ0n) is 17.5. The first-order valence-electron chi connectivity index (χ1n) is 10.1. The second kappa shape index (κ2) is 9.32. The van der Waals surface area contributed by atoms with E-state index in [4.69, 9.17) is 9.47 Å². The van der Waals surface area contributed by atoms with Gasteiger partial charge < -0.3 is 14.4 Å². The van der Waals surface area contributed by atoms with Gasteiger partial charge in [-0.25, -0.2) is 8.42 Å². The van der Waals surface area contributed by atoms with E-state index >= 15 is 0 Å². The number of piperazine rings is 1. The highest BCUT2D eigenvalue weighted by Crippen LogP contribution is 2.30. The van der Waals surface area contributed by atoms with E-state index in [1.165, 1.54) is 37.1 Å². The summed E-state index contributed by atoms with van der Waals surface area (Å²) in [5, 5.41) is 0. The van der Waals surface area contributed by atoms with Gasteiger partial charge in [0.2, 0.25) is 15.9 Å². The summed E-state index contributed by atoms with van der Waals surface area (Å²) < 4.78 is 37.9. The Morgan fingerprint density at radius 3 is 2.38 bits per heavy atom. The number of hydrogen-bond donors (Lipinski definition) is 0. The molecule has 0 saturated carbocycles. The zero-order valence-corrected chi connectivity index (χ0v) is 18.3. The highest BCUT2D eigenvalue weighted by molar-refractivity contribution is 7.89. The van der Waals surface area contributed by atoms with E-state index in [1.54, 1.807) is 6.07 Å². The summed E-state index contributed by atoms with van der Waals surface area (Å²) in [4.78, 5) is 16.7. The maximum Gasteiger partial charge on any atom is 0.243 e. The van der Waals surface area contributed by atoms with Crippen molar-refractivity contribution in [3.05, 3.63) is 18.2 Å². The highest BCUT2D eigenvalue weighted by atomic mass is 32.2. The monoisotopic (exact) mass is 425 g/mol. The number of benzene rings is 1. The van der Waals surface area contributed by atoms with Crippen LogP contribution in [0.5, 0.6) is 11.5 Å². The van der Waals surface area contributed by atoms with Crippen molar-refractivity contribution in [3.8, 4) is 11.5 Å².